The average molecular weight is 314 g/mol. The number of aryl methyl sites for hydroxylation is 1. The number of morpholine rings is 1. The van der Waals surface area contributed by atoms with Gasteiger partial charge in [-0.15, -0.1) is 0 Å². The third kappa shape index (κ3) is 3.59. The van der Waals surface area contributed by atoms with Crippen LogP contribution in [0.3, 0.4) is 0 Å². The van der Waals surface area contributed by atoms with Crippen LogP contribution in [0.25, 0.3) is 0 Å². The van der Waals surface area contributed by atoms with E-state index in [1.807, 2.05) is 12.1 Å². The summed E-state index contributed by atoms with van der Waals surface area (Å²) in [6.45, 7) is 4.94. The zero-order valence-electron chi connectivity index (χ0n) is 13.8. The highest BCUT2D eigenvalue weighted by molar-refractivity contribution is 5.78. The standard InChI is InChI=1S/C19H26N2O2/c1-13-2-4-14(5-3-13)8-19(22)20-16-9-17-12-23-18(15-6-7-15)11-21(17)10-16/h2-5,15-18H,6-12H2,1H3,(H,20,22)/t16-,17-,18+/m0/s1. The average Bonchev–Trinajstić information content (AvgIpc) is 3.30. The van der Waals surface area contributed by atoms with Gasteiger partial charge in [0, 0.05) is 25.2 Å². The van der Waals surface area contributed by atoms with E-state index in [2.05, 4.69) is 29.3 Å². The molecule has 0 aromatic heterocycles. The smallest absolute Gasteiger partial charge is 0.224 e. The topological polar surface area (TPSA) is 41.6 Å². The molecule has 3 aliphatic rings. The van der Waals surface area contributed by atoms with Crippen LogP contribution in [0.15, 0.2) is 24.3 Å². The Hall–Kier alpha value is -1.39. The quantitative estimate of drug-likeness (QED) is 0.923. The van der Waals surface area contributed by atoms with Crippen molar-refractivity contribution < 1.29 is 9.53 Å². The fourth-order valence-corrected chi connectivity index (χ4v) is 3.93. The Bertz CT molecular complexity index is 567. The van der Waals surface area contributed by atoms with Gasteiger partial charge in [0.05, 0.1) is 19.1 Å². The SMILES string of the molecule is Cc1ccc(CC(=O)N[C@H]2C[C@H]3CO[C@@H](C4CC4)CN3C2)cc1. The normalized spacial score (nSPS) is 30.9. The first-order valence-corrected chi connectivity index (χ1v) is 8.88. The summed E-state index contributed by atoms with van der Waals surface area (Å²) in [7, 11) is 0. The number of carbonyl (C=O) groups is 1. The molecule has 3 fully saturated rings. The number of amides is 1. The summed E-state index contributed by atoms with van der Waals surface area (Å²) in [5.74, 6) is 0.935. The van der Waals surface area contributed by atoms with Crippen molar-refractivity contribution in [3.05, 3.63) is 35.4 Å². The largest absolute Gasteiger partial charge is 0.375 e. The number of nitrogens with one attached hydrogen (secondary N) is 1. The van der Waals surface area contributed by atoms with E-state index in [0.717, 1.165) is 37.6 Å². The molecule has 1 aliphatic carbocycles. The molecule has 2 saturated heterocycles. The molecule has 0 bridgehead atoms. The number of hydrogen-bond acceptors (Lipinski definition) is 3. The lowest BCUT2D eigenvalue weighted by molar-refractivity contribution is -0.121. The molecule has 4 rings (SSSR count). The fourth-order valence-electron chi connectivity index (χ4n) is 3.93. The fraction of sp³-hybridized carbons (Fsp3) is 0.632. The van der Waals surface area contributed by atoms with Crippen molar-refractivity contribution >= 4 is 5.91 Å². The summed E-state index contributed by atoms with van der Waals surface area (Å²) in [6.07, 6.45) is 4.60. The summed E-state index contributed by atoms with van der Waals surface area (Å²) < 4.78 is 6.02. The van der Waals surface area contributed by atoms with Gasteiger partial charge >= 0.3 is 0 Å². The van der Waals surface area contributed by atoms with Crippen molar-refractivity contribution in [2.45, 2.75) is 50.8 Å². The van der Waals surface area contributed by atoms with Crippen molar-refractivity contribution in [2.24, 2.45) is 5.92 Å². The van der Waals surface area contributed by atoms with E-state index in [-0.39, 0.29) is 11.9 Å². The van der Waals surface area contributed by atoms with E-state index in [9.17, 15) is 4.79 Å². The zero-order chi connectivity index (χ0) is 15.8. The van der Waals surface area contributed by atoms with Crippen LogP contribution in [0.5, 0.6) is 0 Å². The van der Waals surface area contributed by atoms with Gasteiger partial charge in [-0.3, -0.25) is 9.69 Å². The molecule has 23 heavy (non-hydrogen) atoms. The lowest BCUT2D eigenvalue weighted by Crippen LogP contribution is -2.47. The predicted molar refractivity (Wildman–Crippen MR) is 89.3 cm³/mol. The summed E-state index contributed by atoms with van der Waals surface area (Å²) in [6, 6.07) is 8.98. The number of fused-ring (bicyclic) bond motifs is 1. The molecule has 3 atom stereocenters. The van der Waals surface area contributed by atoms with Gasteiger partial charge in [0.15, 0.2) is 0 Å². The highest BCUT2D eigenvalue weighted by atomic mass is 16.5. The van der Waals surface area contributed by atoms with Gasteiger partial charge in [0.25, 0.3) is 0 Å². The van der Waals surface area contributed by atoms with Crippen LogP contribution in [0.1, 0.15) is 30.4 Å². The Labute approximate surface area is 138 Å². The number of nitrogens with zero attached hydrogens (tertiary/aromatic N) is 1. The van der Waals surface area contributed by atoms with Gasteiger partial charge in [-0.05, 0) is 37.7 Å². The van der Waals surface area contributed by atoms with E-state index in [4.69, 9.17) is 4.74 Å². The molecule has 2 heterocycles. The lowest BCUT2D eigenvalue weighted by Gasteiger charge is -2.35. The second-order valence-corrected chi connectivity index (χ2v) is 7.48. The number of benzene rings is 1. The van der Waals surface area contributed by atoms with Crippen LogP contribution < -0.4 is 5.32 Å². The van der Waals surface area contributed by atoms with Crippen LogP contribution in [-0.4, -0.2) is 48.7 Å². The van der Waals surface area contributed by atoms with Crippen LogP contribution >= 0.6 is 0 Å². The molecular weight excluding hydrogens is 288 g/mol. The summed E-state index contributed by atoms with van der Waals surface area (Å²) in [4.78, 5) is 14.8. The Morgan fingerprint density at radius 1 is 1.26 bits per heavy atom. The Kier molecular flexibility index (Phi) is 4.12. The molecule has 0 unspecified atom stereocenters. The highest BCUT2D eigenvalue weighted by Crippen LogP contribution is 2.37. The van der Waals surface area contributed by atoms with Crippen LogP contribution in [0.2, 0.25) is 0 Å². The van der Waals surface area contributed by atoms with E-state index in [0.29, 0.717) is 18.6 Å². The Balaban J connectivity index is 1.28. The van der Waals surface area contributed by atoms with Crippen LogP contribution in [0, 0.1) is 12.8 Å². The zero-order valence-corrected chi connectivity index (χ0v) is 13.8. The van der Waals surface area contributed by atoms with Gasteiger partial charge in [0.1, 0.15) is 0 Å². The van der Waals surface area contributed by atoms with E-state index < -0.39 is 0 Å². The van der Waals surface area contributed by atoms with Gasteiger partial charge in [-0.1, -0.05) is 29.8 Å². The minimum atomic E-state index is 0.137. The Morgan fingerprint density at radius 2 is 2.04 bits per heavy atom. The second kappa shape index (κ2) is 6.25. The van der Waals surface area contributed by atoms with Gasteiger partial charge in [-0.2, -0.15) is 0 Å². The van der Waals surface area contributed by atoms with Gasteiger partial charge < -0.3 is 10.1 Å². The summed E-state index contributed by atoms with van der Waals surface area (Å²) >= 11 is 0. The third-order valence-corrected chi connectivity index (χ3v) is 5.44. The molecular formula is C19H26N2O2. The second-order valence-electron chi connectivity index (χ2n) is 7.48. The number of hydrogen-bond donors (Lipinski definition) is 1. The van der Waals surface area contributed by atoms with Gasteiger partial charge in [0.2, 0.25) is 5.91 Å². The lowest BCUT2D eigenvalue weighted by atomic mass is 10.1. The summed E-state index contributed by atoms with van der Waals surface area (Å²) in [5.41, 5.74) is 2.31. The van der Waals surface area contributed by atoms with E-state index in [1.54, 1.807) is 0 Å². The minimum absolute atomic E-state index is 0.137. The maximum Gasteiger partial charge on any atom is 0.224 e. The molecule has 4 heteroatoms. The molecule has 1 saturated carbocycles. The van der Waals surface area contributed by atoms with Crippen molar-refractivity contribution in [2.75, 3.05) is 19.7 Å². The van der Waals surface area contributed by atoms with Crippen molar-refractivity contribution in [1.29, 1.82) is 0 Å². The monoisotopic (exact) mass is 314 g/mol. The first kappa shape index (κ1) is 15.2. The number of ether oxygens (including phenoxy) is 1. The van der Waals surface area contributed by atoms with Crippen LogP contribution in [-0.2, 0) is 16.0 Å². The van der Waals surface area contributed by atoms with Gasteiger partial charge in [-0.25, -0.2) is 0 Å². The molecule has 1 N–H and O–H groups in total. The molecule has 2 aliphatic heterocycles. The molecule has 1 amide bonds. The molecule has 0 radical (unpaired) electrons. The highest BCUT2D eigenvalue weighted by Gasteiger charge is 2.42. The first-order valence-electron chi connectivity index (χ1n) is 8.88. The van der Waals surface area contributed by atoms with E-state index >= 15 is 0 Å². The molecule has 1 aromatic carbocycles. The van der Waals surface area contributed by atoms with Crippen molar-refractivity contribution in [1.82, 2.24) is 10.2 Å². The maximum absolute atomic E-state index is 12.3. The number of carbonyl (C=O) groups excluding carboxylic acids is 1. The number of rotatable bonds is 4. The minimum Gasteiger partial charge on any atom is -0.375 e. The summed E-state index contributed by atoms with van der Waals surface area (Å²) in [5, 5.41) is 3.22. The third-order valence-electron chi connectivity index (χ3n) is 5.44. The maximum atomic E-state index is 12.3. The predicted octanol–water partition coefficient (Wildman–Crippen LogP) is 1.91. The van der Waals surface area contributed by atoms with E-state index in [1.165, 1.54) is 18.4 Å². The van der Waals surface area contributed by atoms with Crippen LogP contribution in [0.4, 0.5) is 0 Å². The first-order chi connectivity index (χ1) is 11.2. The molecule has 4 nitrogen and oxygen atoms in total. The van der Waals surface area contributed by atoms with Crippen molar-refractivity contribution in [3.63, 3.8) is 0 Å². The van der Waals surface area contributed by atoms with Crippen molar-refractivity contribution in [3.8, 4) is 0 Å². The molecule has 1 aromatic rings. The molecule has 0 spiro atoms. The Morgan fingerprint density at radius 3 is 2.78 bits per heavy atom. The molecule has 124 valence electrons.